The maximum Gasteiger partial charge on any atom is 0.433 e. The Kier molecular flexibility index (Phi) is 4.33. The van der Waals surface area contributed by atoms with Crippen molar-refractivity contribution in [3.8, 4) is 11.3 Å². The summed E-state index contributed by atoms with van der Waals surface area (Å²) in [6.07, 6.45) is -2.37. The summed E-state index contributed by atoms with van der Waals surface area (Å²) < 4.78 is 54.3. The standard InChI is InChI=1S/C19H14F4N6O/c1-29-16(30)18(27-17(29)24,11-2-4-25-15(9-11)19(21,22)23)12-6-10(7-13(20)8-12)14-3-5-26-28-14/h2-9H,1H3,(H2,24,27)(H,26,28). The number of pyridine rings is 1. The summed E-state index contributed by atoms with van der Waals surface area (Å²) in [7, 11) is 1.34. The summed E-state index contributed by atoms with van der Waals surface area (Å²) >= 11 is 0. The number of carbonyl (C=O) groups excluding carboxylic acids is 1. The SMILES string of the molecule is CN1C(=O)C(c2cc(F)cc(-c3ccn[nH]3)c2)(c2ccnc(C(F)(F)F)c2)N=C1N. The highest BCUT2D eigenvalue weighted by molar-refractivity contribution is 6.09. The van der Waals surface area contributed by atoms with Gasteiger partial charge < -0.3 is 5.73 Å². The van der Waals surface area contributed by atoms with Crippen LogP contribution in [0.4, 0.5) is 17.6 Å². The predicted molar refractivity (Wildman–Crippen MR) is 98.4 cm³/mol. The van der Waals surface area contributed by atoms with Crippen molar-refractivity contribution in [2.45, 2.75) is 11.7 Å². The topological polar surface area (TPSA) is 100 Å². The van der Waals surface area contributed by atoms with Crippen molar-refractivity contribution in [1.29, 1.82) is 0 Å². The van der Waals surface area contributed by atoms with E-state index in [0.29, 0.717) is 17.3 Å². The maximum atomic E-state index is 14.5. The average molecular weight is 418 g/mol. The highest BCUT2D eigenvalue weighted by Crippen LogP contribution is 2.42. The van der Waals surface area contributed by atoms with Crippen LogP contribution in [0.25, 0.3) is 11.3 Å². The van der Waals surface area contributed by atoms with Gasteiger partial charge in [-0.3, -0.25) is 19.8 Å². The van der Waals surface area contributed by atoms with Gasteiger partial charge >= 0.3 is 6.18 Å². The van der Waals surface area contributed by atoms with Crippen molar-refractivity contribution >= 4 is 11.9 Å². The number of guanidine groups is 1. The van der Waals surface area contributed by atoms with Crippen LogP contribution in [0.3, 0.4) is 0 Å². The number of hydrogen-bond donors (Lipinski definition) is 2. The summed E-state index contributed by atoms with van der Waals surface area (Å²) in [4.78, 5) is 21.7. The first-order valence-electron chi connectivity index (χ1n) is 8.61. The van der Waals surface area contributed by atoms with Gasteiger partial charge in [0.25, 0.3) is 5.91 Å². The molecule has 1 aliphatic heterocycles. The third kappa shape index (κ3) is 2.98. The molecule has 0 radical (unpaired) electrons. The fraction of sp³-hybridized carbons (Fsp3) is 0.158. The van der Waals surface area contributed by atoms with Crippen molar-refractivity contribution < 1.29 is 22.4 Å². The molecule has 0 spiro atoms. The molecule has 30 heavy (non-hydrogen) atoms. The van der Waals surface area contributed by atoms with Crippen molar-refractivity contribution in [1.82, 2.24) is 20.1 Å². The van der Waals surface area contributed by atoms with E-state index >= 15 is 0 Å². The summed E-state index contributed by atoms with van der Waals surface area (Å²) in [5.74, 6) is -1.64. The molecule has 3 N–H and O–H groups in total. The van der Waals surface area contributed by atoms with Crippen molar-refractivity contribution in [3.63, 3.8) is 0 Å². The van der Waals surface area contributed by atoms with Gasteiger partial charge in [0.2, 0.25) is 0 Å². The lowest BCUT2D eigenvalue weighted by molar-refractivity contribution is -0.141. The molecule has 1 amide bonds. The van der Waals surface area contributed by atoms with Crippen LogP contribution >= 0.6 is 0 Å². The molecule has 0 saturated carbocycles. The van der Waals surface area contributed by atoms with Crippen LogP contribution in [-0.2, 0) is 16.5 Å². The molecule has 3 aromatic rings. The molecule has 1 unspecified atom stereocenters. The smallest absolute Gasteiger partial charge is 0.369 e. The van der Waals surface area contributed by atoms with Crippen LogP contribution in [0, 0.1) is 5.82 Å². The minimum atomic E-state index is -4.75. The van der Waals surface area contributed by atoms with E-state index in [2.05, 4.69) is 20.2 Å². The number of nitrogens with one attached hydrogen (secondary N) is 1. The van der Waals surface area contributed by atoms with Gasteiger partial charge in [0.15, 0.2) is 11.5 Å². The summed E-state index contributed by atoms with van der Waals surface area (Å²) in [6.45, 7) is 0. The molecule has 4 rings (SSSR count). The Morgan fingerprint density at radius 2 is 1.87 bits per heavy atom. The molecule has 1 aliphatic rings. The second kappa shape index (κ2) is 6.65. The van der Waals surface area contributed by atoms with Crippen LogP contribution in [0.1, 0.15) is 16.8 Å². The van der Waals surface area contributed by atoms with Gasteiger partial charge in [-0.15, -0.1) is 0 Å². The first kappa shape index (κ1) is 19.6. The first-order chi connectivity index (χ1) is 14.1. The lowest BCUT2D eigenvalue weighted by Gasteiger charge is -2.27. The highest BCUT2D eigenvalue weighted by atomic mass is 19.4. The number of H-pyrrole nitrogens is 1. The van der Waals surface area contributed by atoms with E-state index in [1.807, 2.05) is 0 Å². The minimum absolute atomic E-state index is 0.0173. The number of aliphatic imine (C=N–C) groups is 1. The first-order valence-corrected chi connectivity index (χ1v) is 8.61. The van der Waals surface area contributed by atoms with Gasteiger partial charge in [-0.1, -0.05) is 0 Å². The second-order valence-corrected chi connectivity index (χ2v) is 6.67. The van der Waals surface area contributed by atoms with Crippen LogP contribution in [0.2, 0.25) is 0 Å². The highest BCUT2D eigenvalue weighted by Gasteiger charge is 2.50. The number of alkyl halides is 3. The number of halogens is 4. The number of carbonyl (C=O) groups is 1. The van der Waals surface area contributed by atoms with Gasteiger partial charge in [-0.05, 0) is 47.5 Å². The fourth-order valence-electron chi connectivity index (χ4n) is 3.37. The molecule has 2 aromatic heterocycles. The van der Waals surface area contributed by atoms with Crippen molar-refractivity contribution in [3.05, 3.63) is 71.4 Å². The monoisotopic (exact) mass is 418 g/mol. The quantitative estimate of drug-likeness (QED) is 0.639. The molecule has 1 aromatic carbocycles. The molecular formula is C19H14F4N6O. The second-order valence-electron chi connectivity index (χ2n) is 6.67. The van der Waals surface area contributed by atoms with Gasteiger partial charge in [-0.2, -0.15) is 18.3 Å². The molecule has 0 aliphatic carbocycles. The number of aromatic nitrogens is 3. The fourth-order valence-corrected chi connectivity index (χ4v) is 3.37. The van der Waals surface area contributed by atoms with Crippen molar-refractivity contribution in [2.75, 3.05) is 7.05 Å². The third-order valence-electron chi connectivity index (χ3n) is 4.84. The largest absolute Gasteiger partial charge is 0.433 e. The van der Waals surface area contributed by atoms with Crippen LogP contribution in [-0.4, -0.2) is 39.0 Å². The Bertz CT molecular complexity index is 1160. The van der Waals surface area contributed by atoms with Crippen LogP contribution in [0.15, 0.2) is 53.8 Å². The summed E-state index contributed by atoms with van der Waals surface area (Å²) in [6, 6.07) is 7.23. The molecule has 0 saturated heterocycles. The van der Waals surface area contributed by atoms with Gasteiger partial charge in [-0.25, -0.2) is 9.38 Å². The zero-order valence-corrected chi connectivity index (χ0v) is 15.4. The number of amides is 1. The summed E-state index contributed by atoms with van der Waals surface area (Å²) in [5.41, 5.74) is 3.28. The molecule has 1 atom stereocenters. The van der Waals surface area contributed by atoms with Crippen LogP contribution in [0.5, 0.6) is 0 Å². The van der Waals surface area contributed by atoms with Gasteiger partial charge in [0, 0.05) is 25.0 Å². The molecule has 3 heterocycles. The van der Waals surface area contributed by atoms with E-state index in [4.69, 9.17) is 5.73 Å². The number of hydrogen-bond acceptors (Lipinski definition) is 5. The summed E-state index contributed by atoms with van der Waals surface area (Å²) in [5, 5.41) is 6.48. The zero-order chi connectivity index (χ0) is 21.7. The van der Waals surface area contributed by atoms with E-state index in [-0.39, 0.29) is 17.1 Å². The Morgan fingerprint density at radius 1 is 1.10 bits per heavy atom. The molecular weight excluding hydrogens is 404 g/mol. The number of nitrogens with zero attached hydrogens (tertiary/aromatic N) is 4. The average Bonchev–Trinajstić information content (AvgIpc) is 3.31. The third-order valence-corrected chi connectivity index (χ3v) is 4.84. The van der Waals surface area contributed by atoms with E-state index in [0.717, 1.165) is 17.2 Å². The minimum Gasteiger partial charge on any atom is -0.369 e. The Hall–Kier alpha value is -3.76. The molecule has 0 bridgehead atoms. The van der Waals surface area contributed by atoms with Gasteiger partial charge in [0.1, 0.15) is 11.5 Å². The molecule has 11 heteroatoms. The molecule has 154 valence electrons. The van der Waals surface area contributed by atoms with E-state index in [9.17, 15) is 22.4 Å². The lowest BCUT2D eigenvalue weighted by Crippen LogP contribution is -2.41. The van der Waals surface area contributed by atoms with E-state index in [1.54, 1.807) is 6.07 Å². The van der Waals surface area contributed by atoms with E-state index in [1.165, 1.54) is 31.4 Å². The number of rotatable bonds is 3. The maximum absolute atomic E-state index is 14.5. The Morgan fingerprint density at radius 3 is 2.47 bits per heavy atom. The number of benzene rings is 1. The molecule has 0 fully saturated rings. The van der Waals surface area contributed by atoms with Crippen molar-refractivity contribution in [2.24, 2.45) is 10.7 Å². The van der Waals surface area contributed by atoms with Gasteiger partial charge in [0.05, 0.1) is 5.69 Å². The van der Waals surface area contributed by atoms with E-state index < -0.39 is 29.1 Å². The number of aromatic amines is 1. The normalized spacial score (nSPS) is 19.3. The number of likely N-dealkylation sites (N-methyl/N-ethyl adjacent to an activating group) is 1. The van der Waals surface area contributed by atoms with Crippen LogP contribution < -0.4 is 5.73 Å². The Labute approximate surface area is 167 Å². The predicted octanol–water partition coefficient (Wildman–Crippen LogP) is 2.66. The lowest BCUT2D eigenvalue weighted by atomic mass is 9.82. The Balaban J connectivity index is 2.00. The number of nitrogens with two attached hydrogens (primary N) is 1. The zero-order valence-electron chi connectivity index (χ0n) is 15.4. The molecule has 7 nitrogen and oxygen atoms in total.